The summed E-state index contributed by atoms with van der Waals surface area (Å²) in [5.41, 5.74) is 4.91. The van der Waals surface area contributed by atoms with Crippen LogP contribution in [0.5, 0.6) is 5.75 Å². The molecule has 0 aliphatic carbocycles. The lowest BCUT2D eigenvalue weighted by atomic mass is 10.1. The molecule has 0 saturated carbocycles. The molecule has 3 rings (SSSR count). The number of benzene rings is 2. The minimum absolute atomic E-state index is 0.329. The number of nitrogens with zero attached hydrogens (tertiary/aromatic N) is 1. The second kappa shape index (κ2) is 5.66. The molecule has 0 bridgehead atoms. The molecule has 2 aromatic carbocycles. The number of rotatable bonds is 3. The van der Waals surface area contributed by atoms with E-state index < -0.39 is 0 Å². The average molecular weight is 282 g/mol. The summed E-state index contributed by atoms with van der Waals surface area (Å²) in [6, 6.07) is 14.5. The first-order valence-corrected chi connectivity index (χ1v) is 6.66. The number of aliphatic imine (C=N–C) groups is 1. The lowest BCUT2D eigenvalue weighted by molar-refractivity contribution is 0.0526. The highest BCUT2D eigenvalue weighted by molar-refractivity contribution is 6.01. The zero-order chi connectivity index (χ0) is 14.7. The van der Waals surface area contributed by atoms with E-state index in [1.165, 1.54) is 0 Å². The fourth-order valence-corrected chi connectivity index (χ4v) is 1.98. The summed E-state index contributed by atoms with van der Waals surface area (Å²) >= 11 is 0. The maximum absolute atomic E-state index is 11.6. The van der Waals surface area contributed by atoms with E-state index in [0.29, 0.717) is 23.8 Å². The predicted octanol–water partition coefficient (Wildman–Crippen LogP) is 2.84. The van der Waals surface area contributed by atoms with Gasteiger partial charge in [-0.05, 0) is 31.2 Å². The lowest BCUT2D eigenvalue weighted by Crippen LogP contribution is -2.30. The number of carbonyl (C=O) groups excluding carboxylic acids is 1. The van der Waals surface area contributed by atoms with Crippen LogP contribution in [0.15, 0.2) is 53.5 Å². The number of esters is 1. The number of para-hydroxylation sites is 2. The van der Waals surface area contributed by atoms with Crippen molar-refractivity contribution in [2.45, 2.75) is 6.92 Å². The van der Waals surface area contributed by atoms with Crippen LogP contribution in [0.4, 0.5) is 5.69 Å². The zero-order valence-electron chi connectivity index (χ0n) is 11.5. The van der Waals surface area contributed by atoms with Crippen molar-refractivity contribution in [3.8, 4) is 5.75 Å². The largest absolute Gasteiger partial charge is 0.462 e. The molecule has 0 aromatic heterocycles. The summed E-state index contributed by atoms with van der Waals surface area (Å²) < 4.78 is 4.95. The zero-order valence-corrected chi connectivity index (χ0v) is 11.5. The second-order valence-corrected chi connectivity index (χ2v) is 4.43. The summed E-state index contributed by atoms with van der Waals surface area (Å²) in [4.78, 5) is 21.5. The Kier molecular flexibility index (Phi) is 3.55. The minimum Gasteiger partial charge on any atom is -0.462 e. The van der Waals surface area contributed by atoms with Gasteiger partial charge in [-0.2, -0.15) is 0 Å². The van der Waals surface area contributed by atoms with Crippen LogP contribution < -0.4 is 10.3 Å². The summed E-state index contributed by atoms with van der Waals surface area (Å²) in [5, 5.41) is 0. The Bertz CT molecular complexity index is 693. The van der Waals surface area contributed by atoms with E-state index in [4.69, 9.17) is 9.57 Å². The van der Waals surface area contributed by atoms with Crippen LogP contribution in [-0.4, -0.2) is 18.4 Å². The van der Waals surface area contributed by atoms with E-state index >= 15 is 0 Å². The van der Waals surface area contributed by atoms with Crippen molar-refractivity contribution in [3.63, 3.8) is 0 Å². The molecule has 0 radical (unpaired) electrons. The molecule has 0 spiro atoms. The fraction of sp³-hybridized carbons (Fsp3) is 0.125. The van der Waals surface area contributed by atoms with E-state index in [2.05, 4.69) is 10.5 Å². The highest BCUT2D eigenvalue weighted by atomic mass is 16.6. The van der Waals surface area contributed by atoms with Gasteiger partial charge in [-0.3, -0.25) is 0 Å². The van der Waals surface area contributed by atoms with Gasteiger partial charge >= 0.3 is 5.97 Å². The molecule has 0 unspecified atom stereocenters. The summed E-state index contributed by atoms with van der Waals surface area (Å²) in [6.07, 6.45) is 0. The number of amidine groups is 1. The third-order valence-corrected chi connectivity index (χ3v) is 3.02. The highest BCUT2D eigenvalue weighted by Crippen LogP contribution is 2.29. The van der Waals surface area contributed by atoms with Crippen LogP contribution >= 0.6 is 0 Å². The van der Waals surface area contributed by atoms with Gasteiger partial charge in [0.15, 0.2) is 11.6 Å². The van der Waals surface area contributed by atoms with Gasteiger partial charge in [-0.15, -0.1) is 0 Å². The Morgan fingerprint density at radius 2 is 1.95 bits per heavy atom. The smallest absolute Gasteiger partial charge is 0.338 e. The number of ether oxygens (including phenoxy) is 1. The number of hydrogen-bond donors (Lipinski definition) is 1. The number of carbonyl (C=O) groups is 1. The van der Waals surface area contributed by atoms with Crippen molar-refractivity contribution in [2.75, 3.05) is 6.61 Å². The maximum Gasteiger partial charge on any atom is 0.338 e. The molecule has 0 fully saturated rings. The molecule has 1 aliphatic heterocycles. The van der Waals surface area contributed by atoms with Gasteiger partial charge in [0.2, 0.25) is 0 Å². The normalized spacial score (nSPS) is 12.5. The van der Waals surface area contributed by atoms with Crippen molar-refractivity contribution in [3.05, 3.63) is 59.7 Å². The molecule has 2 aromatic rings. The Balaban J connectivity index is 1.85. The Morgan fingerprint density at radius 1 is 1.19 bits per heavy atom. The molecule has 21 heavy (non-hydrogen) atoms. The van der Waals surface area contributed by atoms with Gasteiger partial charge in [0.1, 0.15) is 5.69 Å². The van der Waals surface area contributed by atoms with Gasteiger partial charge in [0.25, 0.3) is 0 Å². The van der Waals surface area contributed by atoms with Gasteiger partial charge in [-0.1, -0.05) is 24.3 Å². The first kappa shape index (κ1) is 13.2. The Labute approximate surface area is 122 Å². The summed E-state index contributed by atoms with van der Waals surface area (Å²) in [5.74, 6) is 0.956. The summed E-state index contributed by atoms with van der Waals surface area (Å²) in [6.45, 7) is 2.14. The van der Waals surface area contributed by atoms with Gasteiger partial charge in [-0.25, -0.2) is 15.3 Å². The first-order chi connectivity index (χ1) is 10.3. The van der Waals surface area contributed by atoms with E-state index in [1.54, 1.807) is 31.2 Å². The van der Waals surface area contributed by atoms with E-state index in [0.717, 1.165) is 11.3 Å². The average Bonchev–Trinajstić information content (AvgIpc) is 2.55. The quantitative estimate of drug-likeness (QED) is 0.879. The van der Waals surface area contributed by atoms with Crippen molar-refractivity contribution < 1.29 is 14.4 Å². The molecular formula is C16H14N2O3. The molecule has 5 nitrogen and oxygen atoms in total. The van der Waals surface area contributed by atoms with Crippen LogP contribution in [0.25, 0.3) is 0 Å². The van der Waals surface area contributed by atoms with Crippen LogP contribution in [0.2, 0.25) is 0 Å². The standard InChI is InChI=1S/C16H14N2O3/c1-2-20-16(19)12-9-7-11(8-10-12)15-17-13-5-3-4-6-14(13)21-18-15/h3-10H,2H2,1H3,(H,17,18). The van der Waals surface area contributed by atoms with E-state index in [9.17, 15) is 4.79 Å². The van der Waals surface area contributed by atoms with Crippen LogP contribution in [-0.2, 0) is 4.74 Å². The molecule has 0 atom stereocenters. The van der Waals surface area contributed by atoms with E-state index in [1.807, 2.05) is 24.3 Å². The molecule has 0 amide bonds. The van der Waals surface area contributed by atoms with Gasteiger partial charge in [0.05, 0.1) is 12.2 Å². The monoisotopic (exact) mass is 282 g/mol. The first-order valence-electron chi connectivity index (χ1n) is 6.66. The predicted molar refractivity (Wildman–Crippen MR) is 78.8 cm³/mol. The van der Waals surface area contributed by atoms with Gasteiger partial charge < -0.3 is 9.57 Å². The van der Waals surface area contributed by atoms with Gasteiger partial charge in [0, 0.05) is 5.56 Å². The molecule has 5 heteroatoms. The number of hydrogen-bond acceptors (Lipinski definition) is 5. The summed E-state index contributed by atoms with van der Waals surface area (Å²) in [7, 11) is 0. The number of hydroxylamine groups is 1. The second-order valence-electron chi connectivity index (χ2n) is 4.43. The lowest BCUT2D eigenvalue weighted by Gasteiger charge is -2.17. The van der Waals surface area contributed by atoms with Crippen molar-refractivity contribution >= 4 is 17.5 Å². The molecule has 1 aliphatic rings. The number of nitrogens with one attached hydrogen (secondary N) is 1. The van der Waals surface area contributed by atoms with Crippen molar-refractivity contribution in [1.29, 1.82) is 0 Å². The Morgan fingerprint density at radius 3 is 2.71 bits per heavy atom. The fourth-order valence-electron chi connectivity index (χ4n) is 1.98. The minimum atomic E-state index is -0.329. The van der Waals surface area contributed by atoms with E-state index in [-0.39, 0.29) is 5.97 Å². The number of fused-ring (bicyclic) bond motifs is 1. The molecule has 106 valence electrons. The third-order valence-electron chi connectivity index (χ3n) is 3.02. The topological polar surface area (TPSA) is 59.9 Å². The molecule has 1 N–H and O–H groups in total. The van der Waals surface area contributed by atoms with Crippen LogP contribution in [0.3, 0.4) is 0 Å². The SMILES string of the molecule is CCOC(=O)c1ccc(C2=Nc3ccccc3ON2)cc1. The van der Waals surface area contributed by atoms with Crippen LogP contribution in [0, 0.1) is 0 Å². The highest BCUT2D eigenvalue weighted by Gasteiger charge is 2.14. The Hall–Kier alpha value is -2.82. The maximum atomic E-state index is 11.6. The van der Waals surface area contributed by atoms with Crippen molar-refractivity contribution in [2.24, 2.45) is 4.99 Å². The molecule has 1 heterocycles. The van der Waals surface area contributed by atoms with Crippen LogP contribution in [0.1, 0.15) is 22.8 Å². The third kappa shape index (κ3) is 2.72. The van der Waals surface area contributed by atoms with Crippen molar-refractivity contribution in [1.82, 2.24) is 5.48 Å². The molecular weight excluding hydrogens is 268 g/mol. The molecule has 0 saturated heterocycles.